The van der Waals surface area contributed by atoms with Crippen molar-refractivity contribution in [3.05, 3.63) is 58.1 Å². The highest BCUT2D eigenvalue weighted by atomic mass is 35.5. The van der Waals surface area contributed by atoms with Crippen molar-refractivity contribution >= 4 is 11.6 Å². The summed E-state index contributed by atoms with van der Waals surface area (Å²) in [6.45, 7) is 6.12. The molecule has 0 fully saturated rings. The van der Waals surface area contributed by atoms with Gasteiger partial charge in [-0.05, 0) is 62.1 Å². The van der Waals surface area contributed by atoms with Crippen LogP contribution in [0.1, 0.15) is 23.6 Å². The average molecular weight is 290 g/mol. The quantitative estimate of drug-likeness (QED) is 0.890. The fraction of sp³-hybridized carbons (Fsp3) is 0.294. The topological polar surface area (TPSA) is 35.2 Å². The molecule has 0 radical (unpaired) electrons. The number of benzene rings is 2. The fourth-order valence-corrected chi connectivity index (χ4v) is 2.30. The van der Waals surface area contributed by atoms with E-state index in [1.165, 1.54) is 11.1 Å². The molecule has 0 heterocycles. The summed E-state index contributed by atoms with van der Waals surface area (Å²) < 4.78 is 5.99. The Morgan fingerprint density at radius 2 is 1.90 bits per heavy atom. The first-order valence-electron chi connectivity index (χ1n) is 6.75. The highest BCUT2D eigenvalue weighted by Gasteiger charge is 2.11. The number of ether oxygens (including phenoxy) is 1. The van der Waals surface area contributed by atoms with Crippen LogP contribution in [0.25, 0.3) is 0 Å². The van der Waals surface area contributed by atoms with Gasteiger partial charge >= 0.3 is 0 Å². The van der Waals surface area contributed by atoms with Crippen LogP contribution in [0, 0.1) is 13.8 Å². The maximum absolute atomic E-state index is 6.27. The van der Waals surface area contributed by atoms with E-state index in [-0.39, 0.29) is 6.04 Å². The Bertz CT molecular complexity index is 608. The first kappa shape index (κ1) is 14.9. The number of para-hydroxylation sites is 1. The van der Waals surface area contributed by atoms with E-state index in [0.717, 1.165) is 17.7 Å². The smallest absolute Gasteiger partial charge is 0.149 e. The molecule has 1 atom stereocenters. The van der Waals surface area contributed by atoms with Crippen molar-refractivity contribution in [1.82, 2.24) is 0 Å². The van der Waals surface area contributed by atoms with E-state index in [0.29, 0.717) is 10.8 Å². The summed E-state index contributed by atoms with van der Waals surface area (Å²) in [6, 6.07) is 11.9. The summed E-state index contributed by atoms with van der Waals surface area (Å²) in [6.07, 6.45) is 0.737. The maximum Gasteiger partial charge on any atom is 0.149 e. The minimum atomic E-state index is 0.0653. The monoisotopic (exact) mass is 289 g/mol. The van der Waals surface area contributed by atoms with Crippen molar-refractivity contribution in [3.8, 4) is 11.5 Å². The lowest BCUT2D eigenvalue weighted by molar-refractivity contribution is 0.473. The Labute approximate surface area is 125 Å². The van der Waals surface area contributed by atoms with E-state index in [1.807, 2.05) is 43.3 Å². The SMILES string of the molecule is Cc1ccc(Oc2c(Cl)cccc2CC(C)N)cc1C. The van der Waals surface area contributed by atoms with Crippen LogP contribution in [-0.4, -0.2) is 6.04 Å². The van der Waals surface area contributed by atoms with Gasteiger partial charge in [0.05, 0.1) is 5.02 Å². The highest BCUT2D eigenvalue weighted by Crippen LogP contribution is 2.34. The lowest BCUT2D eigenvalue weighted by Crippen LogP contribution is -2.18. The average Bonchev–Trinajstić information content (AvgIpc) is 2.37. The number of aryl methyl sites for hydroxylation is 2. The molecule has 0 saturated carbocycles. The molecule has 0 amide bonds. The molecule has 1 unspecified atom stereocenters. The first-order chi connectivity index (χ1) is 9.47. The van der Waals surface area contributed by atoms with Crippen LogP contribution >= 0.6 is 11.6 Å². The van der Waals surface area contributed by atoms with Gasteiger partial charge in [-0.25, -0.2) is 0 Å². The molecule has 2 aromatic carbocycles. The molecule has 3 heteroatoms. The molecule has 0 spiro atoms. The number of halogens is 1. The molecular weight excluding hydrogens is 270 g/mol. The molecule has 0 aliphatic carbocycles. The number of hydrogen-bond donors (Lipinski definition) is 1. The van der Waals surface area contributed by atoms with Crippen molar-refractivity contribution in [2.45, 2.75) is 33.2 Å². The molecule has 2 aromatic rings. The van der Waals surface area contributed by atoms with Gasteiger partial charge < -0.3 is 10.5 Å². The second-order valence-corrected chi connectivity index (χ2v) is 5.66. The summed E-state index contributed by atoms with van der Waals surface area (Å²) in [5.74, 6) is 1.50. The third-order valence-electron chi connectivity index (χ3n) is 3.29. The van der Waals surface area contributed by atoms with Crippen LogP contribution < -0.4 is 10.5 Å². The van der Waals surface area contributed by atoms with Crippen molar-refractivity contribution in [2.75, 3.05) is 0 Å². The Balaban J connectivity index is 2.34. The summed E-state index contributed by atoms with van der Waals surface area (Å²) in [4.78, 5) is 0. The van der Waals surface area contributed by atoms with Gasteiger partial charge in [0.1, 0.15) is 11.5 Å². The van der Waals surface area contributed by atoms with Crippen LogP contribution in [-0.2, 0) is 6.42 Å². The Kier molecular flexibility index (Phi) is 4.69. The third kappa shape index (κ3) is 3.53. The molecule has 0 saturated heterocycles. The van der Waals surface area contributed by atoms with Gasteiger partial charge in [-0.15, -0.1) is 0 Å². The standard InChI is InChI=1S/C17H20ClNO/c1-11-7-8-15(9-12(11)2)20-17-14(10-13(3)19)5-4-6-16(17)18/h4-9,13H,10,19H2,1-3H3. The van der Waals surface area contributed by atoms with Crippen molar-refractivity contribution in [1.29, 1.82) is 0 Å². The molecule has 0 aliphatic heterocycles. The first-order valence-corrected chi connectivity index (χ1v) is 7.13. The normalized spacial score (nSPS) is 12.2. The molecule has 0 aromatic heterocycles. The van der Waals surface area contributed by atoms with Gasteiger partial charge in [-0.1, -0.05) is 29.8 Å². The summed E-state index contributed by atoms with van der Waals surface area (Å²) in [7, 11) is 0. The van der Waals surface area contributed by atoms with E-state index >= 15 is 0 Å². The second-order valence-electron chi connectivity index (χ2n) is 5.26. The van der Waals surface area contributed by atoms with E-state index in [4.69, 9.17) is 22.1 Å². The molecular formula is C17H20ClNO. The number of nitrogens with two attached hydrogens (primary N) is 1. The zero-order valence-corrected chi connectivity index (χ0v) is 12.9. The molecule has 106 valence electrons. The van der Waals surface area contributed by atoms with Crippen LogP contribution in [0.5, 0.6) is 11.5 Å². The number of hydrogen-bond acceptors (Lipinski definition) is 2. The Hall–Kier alpha value is -1.51. The van der Waals surface area contributed by atoms with Crippen molar-refractivity contribution < 1.29 is 4.74 Å². The van der Waals surface area contributed by atoms with Gasteiger partial charge in [0.2, 0.25) is 0 Å². The Morgan fingerprint density at radius 3 is 2.55 bits per heavy atom. The van der Waals surface area contributed by atoms with Gasteiger partial charge in [-0.3, -0.25) is 0 Å². The van der Waals surface area contributed by atoms with Gasteiger partial charge in [-0.2, -0.15) is 0 Å². The van der Waals surface area contributed by atoms with Crippen molar-refractivity contribution in [3.63, 3.8) is 0 Å². The van der Waals surface area contributed by atoms with Crippen LogP contribution in [0.2, 0.25) is 5.02 Å². The Morgan fingerprint density at radius 1 is 1.15 bits per heavy atom. The predicted molar refractivity (Wildman–Crippen MR) is 84.8 cm³/mol. The van der Waals surface area contributed by atoms with Gasteiger partial charge in [0.25, 0.3) is 0 Å². The van der Waals surface area contributed by atoms with Crippen molar-refractivity contribution in [2.24, 2.45) is 5.73 Å². The predicted octanol–water partition coefficient (Wildman–Crippen LogP) is 4.64. The summed E-state index contributed by atoms with van der Waals surface area (Å²) >= 11 is 6.27. The van der Waals surface area contributed by atoms with E-state index in [1.54, 1.807) is 0 Å². The van der Waals surface area contributed by atoms with Gasteiger partial charge in [0.15, 0.2) is 0 Å². The van der Waals surface area contributed by atoms with Crippen LogP contribution in [0.3, 0.4) is 0 Å². The molecule has 20 heavy (non-hydrogen) atoms. The largest absolute Gasteiger partial charge is 0.456 e. The molecule has 0 aliphatic rings. The lowest BCUT2D eigenvalue weighted by Gasteiger charge is -2.15. The zero-order valence-electron chi connectivity index (χ0n) is 12.1. The lowest BCUT2D eigenvalue weighted by atomic mass is 10.1. The van der Waals surface area contributed by atoms with Crippen LogP contribution in [0.4, 0.5) is 0 Å². The van der Waals surface area contributed by atoms with E-state index in [2.05, 4.69) is 13.8 Å². The van der Waals surface area contributed by atoms with Gasteiger partial charge in [0, 0.05) is 6.04 Å². The summed E-state index contributed by atoms with van der Waals surface area (Å²) in [5, 5.41) is 0.612. The third-order valence-corrected chi connectivity index (χ3v) is 3.59. The van der Waals surface area contributed by atoms with Crippen LogP contribution in [0.15, 0.2) is 36.4 Å². The molecule has 0 bridgehead atoms. The molecule has 2 rings (SSSR count). The zero-order chi connectivity index (χ0) is 14.7. The molecule has 2 N–H and O–H groups in total. The second kappa shape index (κ2) is 6.29. The minimum absolute atomic E-state index is 0.0653. The minimum Gasteiger partial charge on any atom is -0.456 e. The molecule has 2 nitrogen and oxygen atoms in total. The summed E-state index contributed by atoms with van der Waals surface area (Å²) in [5.41, 5.74) is 9.36. The number of rotatable bonds is 4. The van der Waals surface area contributed by atoms with E-state index < -0.39 is 0 Å². The van der Waals surface area contributed by atoms with E-state index in [9.17, 15) is 0 Å². The highest BCUT2D eigenvalue weighted by molar-refractivity contribution is 6.32. The maximum atomic E-state index is 6.27. The fourth-order valence-electron chi connectivity index (χ4n) is 2.07.